The Bertz CT molecular complexity index is 850. The minimum absolute atomic E-state index is 0.0463. The lowest BCUT2D eigenvalue weighted by atomic mass is 10.0. The van der Waals surface area contributed by atoms with E-state index in [2.05, 4.69) is 35.6 Å². The van der Waals surface area contributed by atoms with Crippen LogP contribution in [0.3, 0.4) is 0 Å². The molecule has 0 atom stereocenters. The van der Waals surface area contributed by atoms with Crippen LogP contribution in [0, 0.1) is 0 Å². The van der Waals surface area contributed by atoms with Gasteiger partial charge in [-0.2, -0.15) is 0 Å². The van der Waals surface area contributed by atoms with Gasteiger partial charge >= 0.3 is 0 Å². The number of anilines is 1. The fourth-order valence-electron chi connectivity index (χ4n) is 4.14. The Labute approximate surface area is 176 Å². The second-order valence-corrected chi connectivity index (χ2v) is 8.82. The van der Waals surface area contributed by atoms with Gasteiger partial charge in [0.25, 0.3) is 0 Å². The molecule has 2 aromatic carbocycles. The molecule has 2 aliphatic rings. The van der Waals surface area contributed by atoms with E-state index in [0.29, 0.717) is 18.7 Å². The Morgan fingerprint density at radius 1 is 1.07 bits per heavy atom. The van der Waals surface area contributed by atoms with Gasteiger partial charge in [-0.3, -0.25) is 9.59 Å². The molecule has 2 N–H and O–H groups in total. The van der Waals surface area contributed by atoms with Crippen LogP contribution in [0.2, 0.25) is 0 Å². The van der Waals surface area contributed by atoms with E-state index < -0.39 is 0 Å². The van der Waals surface area contributed by atoms with E-state index in [4.69, 9.17) is 0 Å². The smallest absolute Gasteiger partial charge is 0.237 e. The van der Waals surface area contributed by atoms with Gasteiger partial charge in [0.1, 0.15) is 6.54 Å². The molecule has 2 aliphatic heterocycles. The summed E-state index contributed by atoms with van der Waals surface area (Å²) in [7, 11) is 0. The second kappa shape index (κ2) is 9.46. The van der Waals surface area contributed by atoms with Gasteiger partial charge in [-0.15, -0.1) is 11.8 Å². The van der Waals surface area contributed by atoms with Crippen molar-refractivity contribution in [2.24, 2.45) is 0 Å². The second-order valence-electron chi connectivity index (χ2n) is 7.81. The van der Waals surface area contributed by atoms with Crippen molar-refractivity contribution in [3.05, 3.63) is 60.2 Å². The maximum atomic E-state index is 12.5. The molecule has 152 valence electrons. The highest BCUT2D eigenvalue weighted by Crippen LogP contribution is 2.34. The Hall–Kier alpha value is -2.31. The summed E-state index contributed by atoms with van der Waals surface area (Å²) < 4.78 is 0. The Morgan fingerprint density at radius 2 is 1.79 bits per heavy atom. The molecule has 2 amide bonds. The highest BCUT2D eigenvalue weighted by Gasteiger charge is 2.26. The first-order valence-corrected chi connectivity index (χ1v) is 11.4. The molecule has 0 aliphatic carbocycles. The number of nitrogens with zero attached hydrogens (tertiary/aromatic N) is 1. The molecule has 0 radical (unpaired) electrons. The van der Waals surface area contributed by atoms with Crippen LogP contribution in [0.1, 0.15) is 24.8 Å². The van der Waals surface area contributed by atoms with E-state index in [-0.39, 0.29) is 17.9 Å². The Balaban J connectivity index is 1.22. The van der Waals surface area contributed by atoms with E-state index in [9.17, 15) is 9.59 Å². The number of fused-ring (bicyclic) bond motifs is 1. The van der Waals surface area contributed by atoms with Gasteiger partial charge in [0.15, 0.2) is 0 Å². The fourth-order valence-corrected chi connectivity index (χ4v) is 5.08. The highest BCUT2D eigenvalue weighted by atomic mass is 32.2. The molecule has 0 spiro atoms. The molecule has 6 heteroatoms. The first kappa shape index (κ1) is 20.0. The van der Waals surface area contributed by atoms with Gasteiger partial charge in [0, 0.05) is 42.3 Å². The number of rotatable bonds is 6. The molecule has 2 aromatic rings. The number of piperidine rings is 1. The van der Waals surface area contributed by atoms with Crippen molar-refractivity contribution in [3.63, 3.8) is 0 Å². The average Bonchev–Trinajstić information content (AvgIpc) is 2.75. The van der Waals surface area contributed by atoms with Gasteiger partial charge in [-0.25, -0.2) is 0 Å². The summed E-state index contributed by atoms with van der Waals surface area (Å²) in [6, 6.07) is 18.8. The number of carbonyl (C=O) groups excluding carboxylic acids is 2. The Kier molecular flexibility index (Phi) is 6.52. The number of amides is 2. The first-order chi connectivity index (χ1) is 14.2. The zero-order chi connectivity index (χ0) is 20.1. The minimum atomic E-state index is 0.0463. The zero-order valence-corrected chi connectivity index (χ0v) is 17.4. The Morgan fingerprint density at radius 3 is 2.59 bits per heavy atom. The number of nitrogens with one attached hydrogen (secondary N) is 2. The van der Waals surface area contributed by atoms with Crippen LogP contribution in [0.15, 0.2) is 59.5 Å². The quantitative estimate of drug-likeness (QED) is 0.765. The molecule has 0 unspecified atom stereocenters. The maximum absolute atomic E-state index is 12.5. The largest absolute Gasteiger partial charge is 0.353 e. The van der Waals surface area contributed by atoms with Crippen molar-refractivity contribution in [1.29, 1.82) is 0 Å². The SMILES string of the molecule is O=C(CCN1C(=O)CSc2ccccc21)NC1CC[NH+](Cc2ccccc2)CC1. The van der Waals surface area contributed by atoms with E-state index in [0.717, 1.165) is 43.1 Å². The predicted octanol–water partition coefficient (Wildman–Crippen LogP) is 1.88. The van der Waals surface area contributed by atoms with Gasteiger partial charge in [-0.1, -0.05) is 42.5 Å². The molecule has 0 bridgehead atoms. The number of quaternary nitrogens is 1. The third-order valence-corrected chi connectivity index (χ3v) is 6.77. The fraction of sp³-hybridized carbons (Fsp3) is 0.391. The zero-order valence-electron chi connectivity index (χ0n) is 16.6. The number of carbonyl (C=O) groups is 2. The van der Waals surface area contributed by atoms with Crippen LogP contribution in [0.5, 0.6) is 0 Å². The van der Waals surface area contributed by atoms with E-state index in [1.54, 1.807) is 21.6 Å². The van der Waals surface area contributed by atoms with Gasteiger partial charge in [-0.05, 0) is 12.1 Å². The molecule has 1 fully saturated rings. The molecule has 0 saturated carbocycles. The summed E-state index contributed by atoms with van der Waals surface area (Å²) in [5.41, 5.74) is 2.30. The third kappa shape index (κ3) is 5.19. The normalized spacial score (nSPS) is 21.5. The number of thioether (sulfide) groups is 1. The van der Waals surface area contributed by atoms with Crippen molar-refractivity contribution in [2.75, 3.05) is 30.3 Å². The van der Waals surface area contributed by atoms with Crippen molar-refractivity contribution < 1.29 is 14.5 Å². The molecule has 1 saturated heterocycles. The summed E-state index contributed by atoms with van der Waals surface area (Å²) in [5, 5.41) is 3.19. The standard InChI is InChI=1S/C23H27N3O2S/c27-22(12-15-26-20-8-4-5-9-21(20)29-17-23(26)28)24-19-10-13-25(14-11-19)16-18-6-2-1-3-7-18/h1-9,19H,10-17H2,(H,24,27)/p+1. The molecule has 4 rings (SSSR count). The van der Waals surface area contributed by atoms with Crippen LogP contribution in [-0.4, -0.2) is 43.2 Å². The predicted molar refractivity (Wildman–Crippen MR) is 116 cm³/mol. The summed E-state index contributed by atoms with van der Waals surface area (Å²) in [5.74, 6) is 0.575. The molecule has 5 nitrogen and oxygen atoms in total. The van der Waals surface area contributed by atoms with Gasteiger partial charge < -0.3 is 15.1 Å². The first-order valence-electron chi connectivity index (χ1n) is 10.4. The van der Waals surface area contributed by atoms with Crippen LogP contribution in [0.25, 0.3) is 0 Å². The van der Waals surface area contributed by atoms with Crippen molar-refractivity contribution in [3.8, 4) is 0 Å². The maximum Gasteiger partial charge on any atom is 0.237 e. The molecular formula is C23H28N3O2S+. The number of likely N-dealkylation sites (tertiary alicyclic amines) is 1. The van der Waals surface area contributed by atoms with Crippen LogP contribution >= 0.6 is 11.8 Å². The lowest BCUT2D eigenvalue weighted by Gasteiger charge is -2.31. The van der Waals surface area contributed by atoms with E-state index >= 15 is 0 Å². The van der Waals surface area contributed by atoms with E-state index in [1.165, 1.54) is 5.56 Å². The summed E-state index contributed by atoms with van der Waals surface area (Å²) in [6.45, 7) is 3.65. The average molecular weight is 411 g/mol. The van der Waals surface area contributed by atoms with Gasteiger partial charge in [0.2, 0.25) is 11.8 Å². The number of hydrogen-bond acceptors (Lipinski definition) is 3. The highest BCUT2D eigenvalue weighted by molar-refractivity contribution is 8.00. The summed E-state index contributed by atoms with van der Waals surface area (Å²) >= 11 is 1.57. The van der Waals surface area contributed by atoms with Crippen LogP contribution in [0.4, 0.5) is 5.69 Å². The summed E-state index contributed by atoms with van der Waals surface area (Å²) in [6.07, 6.45) is 2.37. The lowest BCUT2D eigenvalue weighted by Crippen LogP contribution is -3.12. The van der Waals surface area contributed by atoms with Crippen molar-refractivity contribution >= 4 is 29.3 Å². The molecule has 2 heterocycles. The van der Waals surface area contributed by atoms with Crippen LogP contribution in [-0.2, 0) is 16.1 Å². The topological polar surface area (TPSA) is 53.9 Å². The van der Waals surface area contributed by atoms with Crippen molar-refractivity contribution in [1.82, 2.24) is 5.32 Å². The monoisotopic (exact) mass is 410 g/mol. The molecular weight excluding hydrogens is 382 g/mol. The molecule has 0 aromatic heterocycles. The number of benzene rings is 2. The number of para-hydroxylation sites is 1. The minimum Gasteiger partial charge on any atom is -0.353 e. The third-order valence-electron chi connectivity index (χ3n) is 5.73. The molecule has 29 heavy (non-hydrogen) atoms. The lowest BCUT2D eigenvalue weighted by molar-refractivity contribution is -0.918. The van der Waals surface area contributed by atoms with Crippen LogP contribution < -0.4 is 15.1 Å². The number of hydrogen-bond donors (Lipinski definition) is 2. The van der Waals surface area contributed by atoms with Crippen molar-refractivity contribution in [2.45, 2.75) is 36.7 Å². The summed E-state index contributed by atoms with van der Waals surface area (Å²) in [4.78, 5) is 29.3. The van der Waals surface area contributed by atoms with Gasteiger partial charge in [0.05, 0.1) is 24.5 Å². The van der Waals surface area contributed by atoms with E-state index in [1.807, 2.05) is 24.3 Å².